The van der Waals surface area contributed by atoms with Gasteiger partial charge in [0.2, 0.25) is 17.7 Å². The zero-order valence-corrected chi connectivity index (χ0v) is 16.6. The molecule has 1 fully saturated rings. The molecule has 0 saturated carbocycles. The van der Waals surface area contributed by atoms with Crippen LogP contribution >= 0.6 is 0 Å². The van der Waals surface area contributed by atoms with Crippen LogP contribution in [0.2, 0.25) is 0 Å². The number of hydrogen-bond donors (Lipinski definition) is 0. The van der Waals surface area contributed by atoms with Gasteiger partial charge in [0, 0.05) is 30.8 Å². The lowest BCUT2D eigenvalue weighted by Crippen LogP contribution is -2.40. The smallest absolute Gasteiger partial charge is 0.243 e. The van der Waals surface area contributed by atoms with Gasteiger partial charge in [0.25, 0.3) is 0 Å². The lowest BCUT2D eigenvalue weighted by atomic mass is 10.2. The van der Waals surface area contributed by atoms with E-state index in [0.29, 0.717) is 13.1 Å². The predicted molar refractivity (Wildman–Crippen MR) is 108 cm³/mol. The average molecular weight is 403 g/mol. The lowest BCUT2D eigenvalue weighted by molar-refractivity contribution is -0.145. The molecule has 2 aliphatic rings. The minimum Gasteiger partial charge on any atom is -0.331 e. The minimum absolute atomic E-state index is 0.188. The number of aryl methyl sites for hydroxylation is 1. The van der Waals surface area contributed by atoms with Crippen LogP contribution in [0.25, 0.3) is 11.5 Å². The highest BCUT2D eigenvalue weighted by Gasteiger charge is 2.35. The minimum atomic E-state index is -0.275. The van der Waals surface area contributed by atoms with Crippen LogP contribution in [0, 0.1) is 6.92 Å². The van der Waals surface area contributed by atoms with Crippen molar-refractivity contribution in [3.8, 4) is 11.5 Å². The first-order valence-electron chi connectivity index (χ1n) is 9.93. The Morgan fingerprint density at radius 2 is 1.77 bits per heavy atom. The van der Waals surface area contributed by atoms with Gasteiger partial charge in [-0.1, -0.05) is 12.1 Å². The molecule has 8 nitrogen and oxygen atoms in total. The summed E-state index contributed by atoms with van der Waals surface area (Å²) in [4.78, 5) is 39.2. The molecule has 3 aromatic rings. The van der Waals surface area contributed by atoms with E-state index in [1.165, 1.54) is 0 Å². The fourth-order valence-electron chi connectivity index (χ4n) is 4.09. The van der Waals surface area contributed by atoms with Crippen LogP contribution in [0.15, 0.2) is 48.8 Å². The Morgan fingerprint density at radius 3 is 2.47 bits per heavy atom. The number of rotatable bonds is 4. The summed E-state index contributed by atoms with van der Waals surface area (Å²) in [5, 5.41) is 4.81. The van der Waals surface area contributed by atoms with Crippen LogP contribution in [0.3, 0.4) is 0 Å². The van der Waals surface area contributed by atoms with E-state index < -0.39 is 0 Å². The van der Waals surface area contributed by atoms with Gasteiger partial charge in [-0.3, -0.25) is 19.3 Å². The topological polar surface area (TPSA) is 80.4 Å². The van der Waals surface area contributed by atoms with E-state index in [1.54, 1.807) is 4.90 Å². The summed E-state index contributed by atoms with van der Waals surface area (Å²) >= 11 is 0. The molecule has 1 aromatic carbocycles. The Kier molecular flexibility index (Phi) is 4.27. The van der Waals surface area contributed by atoms with Gasteiger partial charge in [0.15, 0.2) is 0 Å². The molecule has 0 atom stereocenters. The Labute approximate surface area is 173 Å². The number of likely N-dealkylation sites (tertiary alicyclic amines) is 1. The van der Waals surface area contributed by atoms with Gasteiger partial charge < -0.3 is 9.47 Å². The maximum atomic E-state index is 12.8. The summed E-state index contributed by atoms with van der Waals surface area (Å²) in [6.07, 6.45) is 4.28. The molecule has 5 rings (SSSR count). The van der Waals surface area contributed by atoms with Crippen LogP contribution < -0.4 is 0 Å². The average Bonchev–Trinajstić information content (AvgIpc) is 3.48. The molecule has 2 aliphatic heterocycles. The lowest BCUT2D eigenvalue weighted by Gasteiger charge is -2.20. The quantitative estimate of drug-likeness (QED) is 0.624. The third-order valence-electron chi connectivity index (χ3n) is 5.63. The molecule has 2 aromatic heterocycles. The summed E-state index contributed by atoms with van der Waals surface area (Å²) in [6, 6.07) is 12.0. The normalized spacial score (nSPS) is 15.9. The van der Waals surface area contributed by atoms with E-state index in [0.717, 1.165) is 33.2 Å². The van der Waals surface area contributed by atoms with Crippen molar-refractivity contribution in [3.05, 3.63) is 65.6 Å². The maximum absolute atomic E-state index is 12.8. The van der Waals surface area contributed by atoms with Gasteiger partial charge in [-0.2, -0.15) is 5.10 Å². The monoisotopic (exact) mass is 403 g/mol. The highest BCUT2D eigenvalue weighted by atomic mass is 16.2. The molecule has 0 unspecified atom stereocenters. The second kappa shape index (κ2) is 6.98. The number of amides is 3. The number of nitrogens with zero attached hydrogens (tertiary/aromatic N) is 5. The highest BCUT2D eigenvalue weighted by Crippen LogP contribution is 2.31. The van der Waals surface area contributed by atoms with Crippen molar-refractivity contribution in [3.63, 3.8) is 0 Å². The fraction of sp³-hybridized carbons (Fsp3) is 0.273. The Morgan fingerprint density at radius 1 is 1.03 bits per heavy atom. The van der Waals surface area contributed by atoms with Crippen molar-refractivity contribution in [2.45, 2.75) is 32.9 Å². The van der Waals surface area contributed by atoms with E-state index in [9.17, 15) is 14.4 Å². The summed E-state index contributed by atoms with van der Waals surface area (Å²) < 4.78 is 3.91. The van der Waals surface area contributed by atoms with Crippen molar-refractivity contribution in [1.82, 2.24) is 24.1 Å². The maximum Gasteiger partial charge on any atom is 0.243 e. The first-order valence-corrected chi connectivity index (χ1v) is 9.93. The van der Waals surface area contributed by atoms with Gasteiger partial charge >= 0.3 is 0 Å². The summed E-state index contributed by atoms with van der Waals surface area (Å²) in [5.74, 6) is 0.104. The van der Waals surface area contributed by atoms with Crippen molar-refractivity contribution in [1.29, 1.82) is 0 Å². The van der Waals surface area contributed by atoms with Crippen molar-refractivity contribution < 1.29 is 14.4 Å². The largest absolute Gasteiger partial charge is 0.331 e. The molecule has 30 heavy (non-hydrogen) atoms. The fourth-order valence-corrected chi connectivity index (χ4v) is 4.09. The van der Waals surface area contributed by atoms with Crippen molar-refractivity contribution in [2.24, 2.45) is 0 Å². The van der Waals surface area contributed by atoms with Crippen molar-refractivity contribution in [2.75, 3.05) is 6.54 Å². The van der Waals surface area contributed by atoms with E-state index in [1.807, 2.05) is 58.9 Å². The summed E-state index contributed by atoms with van der Waals surface area (Å²) in [6.45, 7) is 2.59. The number of carbonyl (C=O) groups excluding carboxylic acids is 3. The van der Waals surface area contributed by atoms with E-state index in [-0.39, 0.29) is 37.1 Å². The van der Waals surface area contributed by atoms with E-state index in [2.05, 4.69) is 6.07 Å². The number of hydrogen-bond acceptors (Lipinski definition) is 4. The van der Waals surface area contributed by atoms with Crippen LogP contribution in [0.1, 0.15) is 29.7 Å². The molecule has 4 heterocycles. The number of benzene rings is 1. The number of carbonyl (C=O) groups is 3. The Bertz CT molecular complexity index is 1150. The van der Waals surface area contributed by atoms with Crippen molar-refractivity contribution >= 4 is 17.7 Å². The molecule has 0 radical (unpaired) electrons. The predicted octanol–water partition coefficient (Wildman–Crippen LogP) is 1.96. The van der Waals surface area contributed by atoms with Gasteiger partial charge in [0.05, 0.1) is 24.5 Å². The summed E-state index contributed by atoms with van der Waals surface area (Å²) in [5.41, 5.74) is 3.89. The molecule has 8 heteroatoms. The van der Waals surface area contributed by atoms with Crippen LogP contribution in [-0.2, 0) is 27.5 Å². The molecular formula is C22H21N5O3. The molecule has 3 amide bonds. The third kappa shape index (κ3) is 3.01. The Balaban J connectivity index is 1.46. The standard InChI is InChI=1S/C22H21N5O3/c1-15-5-4-6-16(11-15)27-22(24-9-2-3-10-24)17-12-25(13-18(17)23-27)21(30)14-26-19(28)7-8-20(26)29/h2-6,9-11H,7-8,12-14H2,1H3. The second-order valence-electron chi connectivity index (χ2n) is 7.71. The molecule has 0 aliphatic carbocycles. The molecule has 0 N–H and O–H groups in total. The Hall–Kier alpha value is -3.68. The van der Waals surface area contributed by atoms with Gasteiger partial charge in [0.1, 0.15) is 12.4 Å². The molecular weight excluding hydrogens is 382 g/mol. The highest BCUT2D eigenvalue weighted by molar-refractivity contribution is 6.04. The SMILES string of the molecule is Cc1cccc(-n2nc3c(c2-n2cccc2)CN(C(=O)CN2C(=O)CCC2=O)C3)c1. The first-order chi connectivity index (χ1) is 14.5. The number of imide groups is 1. The molecule has 0 bridgehead atoms. The second-order valence-corrected chi connectivity index (χ2v) is 7.71. The van der Waals surface area contributed by atoms with Gasteiger partial charge in [-0.15, -0.1) is 0 Å². The van der Waals surface area contributed by atoms with E-state index in [4.69, 9.17) is 5.10 Å². The van der Waals surface area contributed by atoms with Crippen LogP contribution in [-0.4, -0.2) is 48.4 Å². The summed E-state index contributed by atoms with van der Waals surface area (Å²) in [7, 11) is 0. The zero-order chi connectivity index (χ0) is 20.8. The van der Waals surface area contributed by atoms with E-state index >= 15 is 0 Å². The zero-order valence-electron chi connectivity index (χ0n) is 16.6. The van der Waals surface area contributed by atoms with Crippen LogP contribution in [0.5, 0.6) is 0 Å². The van der Waals surface area contributed by atoms with Gasteiger partial charge in [-0.25, -0.2) is 4.68 Å². The van der Waals surface area contributed by atoms with Crippen LogP contribution in [0.4, 0.5) is 0 Å². The number of aromatic nitrogens is 3. The number of fused-ring (bicyclic) bond motifs is 1. The first kappa shape index (κ1) is 18.4. The van der Waals surface area contributed by atoms with Gasteiger partial charge in [-0.05, 0) is 36.8 Å². The molecule has 1 saturated heterocycles. The molecule has 152 valence electrons. The molecule has 0 spiro atoms. The third-order valence-corrected chi connectivity index (χ3v) is 5.63.